The van der Waals surface area contributed by atoms with E-state index >= 15 is 0 Å². The number of hydrogen-bond acceptors (Lipinski definition) is 8. The molecular weight excluding hydrogens is 464 g/mol. The number of nitrogens with zero attached hydrogens (tertiary/aromatic N) is 5. The Hall–Kier alpha value is -2.56. The number of aliphatic hydroxyl groups excluding tert-OH is 2. The lowest BCUT2D eigenvalue weighted by Crippen LogP contribution is -2.29. The standard InChI is InChI=1S/C21H25BrN6O3/c22-17-11-14-12-24-21(26-19(14)28(20(17)31)15-3-1-2-4-15)25-18-6-5-16(13-23-18)27(7-9-29)8-10-30/h5-6,11-13,15,29-30H,1-4,7-10H2,(H,23,24,25,26). The van der Waals surface area contributed by atoms with E-state index in [0.717, 1.165) is 36.8 Å². The lowest BCUT2D eigenvalue weighted by Gasteiger charge is -2.22. The van der Waals surface area contributed by atoms with Crippen LogP contribution < -0.4 is 15.8 Å². The molecule has 10 heteroatoms. The molecule has 9 nitrogen and oxygen atoms in total. The molecule has 164 valence electrons. The topological polar surface area (TPSA) is 116 Å². The van der Waals surface area contributed by atoms with Crippen molar-refractivity contribution >= 4 is 44.4 Å². The fourth-order valence-electron chi connectivity index (χ4n) is 4.02. The van der Waals surface area contributed by atoms with Gasteiger partial charge in [-0.2, -0.15) is 4.98 Å². The second-order valence-corrected chi connectivity index (χ2v) is 8.39. The molecule has 1 aliphatic rings. The van der Waals surface area contributed by atoms with Gasteiger partial charge in [-0.1, -0.05) is 12.8 Å². The number of rotatable bonds is 8. The molecule has 0 saturated heterocycles. The Balaban J connectivity index is 1.62. The van der Waals surface area contributed by atoms with Crippen molar-refractivity contribution in [2.75, 3.05) is 36.5 Å². The molecule has 0 aromatic carbocycles. The van der Waals surface area contributed by atoms with E-state index in [4.69, 9.17) is 0 Å². The zero-order valence-electron chi connectivity index (χ0n) is 17.0. The summed E-state index contributed by atoms with van der Waals surface area (Å²) in [5.74, 6) is 0.923. The van der Waals surface area contributed by atoms with Crippen molar-refractivity contribution in [1.82, 2.24) is 19.5 Å². The van der Waals surface area contributed by atoms with Crippen LogP contribution >= 0.6 is 15.9 Å². The van der Waals surface area contributed by atoms with Gasteiger partial charge in [0, 0.05) is 30.7 Å². The van der Waals surface area contributed by atoms with Gasteiger partial charge in [0.25, 0.3) is 5.56 Å². The van der Waals surface area contributed by atoms with Crippen LogP contribution in [0.15, 0.2) is 39.9 Å². The Bertz CT molecular complexity index is 1090. The van der Waals surface area contributed by atoms with Crippen molar-refractivity contribution < 1.29 is 10.2 Å². The Kier molecular flexibility index (Phi) is 6.79. The number of hydrogen-bond donors (Lipinski definition) is 3. The number of anilines is 3. The van der Waals surface area contributed by atoms with Crippen LogP contribution in [0.3, 0.4) is 0 Å². The van der Waals surface area contributed by atoms with Crippen molar-refractivity contribution in [3.63, 3.8) is 0 Å². The fourth-order valence-corrected chi connectivity index (χ4v) is 4.46. The smallest absolute Gasteiger partial charge is 0.266 e. The van der Waals surface area contributed by atoms with Crippen LogP contribution in [-0.4, -0.2) is 56.0 Å². The maximum absolute atomic E-state index is 12.8. The third kappa shape index (κ3) is 4.70. The number of fused-ring (bicyclic) bond motifs is 1. The largest absolute Gasteiger partial charge is 0.395 e. The maximum Gasteiger partial charge on any atom is 0.266 e. The predicted molar refractivity (Wildman–Crippen MR) is 123 cm³/mol. The monoisotopic (exact) mass is 488 g/mol. The van der Waals surface area contributed by atoms with E-state index in [1.807, 2.05) is 11.0 Å². The first kappa shape index (κ1) is 21.7. The van der Waals surface area contributed by atoms with E-state index in [1.165, 1.54) is 0 Å². The maximum atomic E-state index is 12.8. The van der Waals surface area contributed by atoms with Crippen LogP contribution in [-0.2, 0) is 0 Å². The average Bonchev–Trinajstić information content (AvgIpc) is 3.30. The average molecular weight is 489 g/mol. The van der Waals surface area contributed by atoms with Crippen LogP contribution in [0.4, 0.5) is 17.5 Å². The van der Waals surface area contributed by atoms with Gasteiger partial charge in [0.15, 0.2) is 0 Å². The molecule has 3 heterocycles. The van der Waals surface area contributed by atoms with E-state index in [-0.39, 0.29) is 24.8 Å². The lowest BCUT2D eigenvalue weighted by atomic mass is 10.2. The van der Waals surface area contributed by atoms with Crippen LogP contribution in [0, 0.1) is 0 Å². The van der Waals surface area contributed by atoms with Crippen molar-refractivity contribution in [1.29, 1.82) is 0 Å². The number of halogens is 1. The minimum absolute atomic E-state index is 0.0102. The minimum atomic E-state index is -0.0700. The number of nitrogens with one attached hydrogen (secondary N) is 1. The van der Waals surface area contributed by atoms with Crippen molar-refractivity contribution in [3.8, 4) is 0 Å². The van der Waals surface area contributed by atoms with Crippen molar-refractivity contribution in [2.45, 2.75) is 31.7 Å². The van der Waals surface area contributed by atoms with Gasteiger partial charge in [0.1, 0.15) is 11.5 Å². The summed E-state index contributed by atoms with van der Waals surface area (Å²) in [5, 5.41) is 22.3. The first-order valence-electron chi connectivity index (χ1n) is 10.4. The fraction of sp³-hybridized carbons (Fsp3) is 0.429. The van der Waals surface area contributed by atoms with Crippen LogP contribution in [0.25, 0.3) is 11.0 Å². The summed E-state index contributed by atoms with van der Waals surface area (Å²) in [5.41, 5.74) is 1.35. The number of pyridine rings is 2. The first-order valence-corrected chi connectivity index (χ1v) is 11.2. The van der Waals surface area contributed by atoms with Gasteiger partial charge in [-0.05, 0) is 47.0 Å². The van der Waals surface area contributed by atoms with Gasteiger partial charge in [0.05, 0.1) is 29.6 Å². The van der Waals surface area contributed by atoms with Crippen LogP contribution in [0.5, 0.6) is 0 Å². The summed E-state index contributed by atoms with van der Waals surface area (Å²) >= 11 is 3.38. The molecule has 0 amide bonds. The molecule has 4 rings (SSSR count). The summed E-state index contributed by atoms with van der Waals surface area (Å²) in [7, 11) is 0. The Labute approximate surface area is 187 Å². The van der Waals surface area contributed by atoms with E-state index in [9.17, 15) is 15.0 Å². The van der Waals surface area contributed by atoms with E-state index in [1.54, 1.807) is 29.1 Å². The molecule has 1 saturated carbocycles. The van der Waals surface area contributed by atoms with Gasteiger partial charge in [-0.15, -0.1) is 0 Å². The zero-order valence-corrected chi connectivity index (χ0v) is 18.6. The zero-order chi connectivity index (χ0) is 21.8. The molecule has 1 aliphatic carbocycles. The number of aliphatic hydroxyl groups is 2. The van der Waals surface area contributed by atoms with Gasteiger partial charge >= 0.3 is 0 Å². The third-order valence-electron chi connectivity index (χ3n) is 5.51. The summed E-state index contributed by atoms with van der Waals surface area (Å²) in [6, 6.07) is 5.55. The van der Waals surface area contributed by atoms with Gasteiger partial charge < -0.3 is 20.4 Å². The summed E-state index contributed by atoms with van der Waals surface area (Å²) in [4.78, 5) is 28.1. The molecular formula is C21H25BrN6O3. The molecule has 1 fully saturated rings. The highest BCUT2D eigenvalue weighted by molar-refractivity contribution is 9.10. The van der Waals surface area contributed by atoms with E-state index in [0.29, 0.717) is 35.0 Å². The van der Waals surface area contributed by atoms with E-state index < -0.39 is 0 Å². The second-order valence-electron chi connectivity index (χ2n) is 7.54. The Morgan fingerprint density at radius 3 is 2.52 bits per heavy atom. The molecule has 31 heavy (non-hydrogen) atoms. The van der Waals surface area contributed by atoms with Crippen LogP contribution in [0.1, 0.15) is 31.7 Å². The highest BCUT2D eigenvalue weighted by atomic mass is 79.9. The number of aromatic nitrogens is 4. The molecule has 0 unspecified atom stereocenters. The van der Waals surface area contributed by atoms with Crippen LogP contribution in [0.2, 0.25) is 0 Å². The highest BCUT2D eigenvalue weighted by Gasteiger charge is 2.22. The predicted octanol–water partition coefficient (Wildman–Crippen LogP) is 2.60. The molecule has 0 aliphatic heterocycles. The Morgan fingerprint density at radius 2 is 1.87 bits per heavy atom. The quantitative estimate of drug-likeness (QED) is 0.442. The minimum Gasteiger partial charge on any atom is -0.395 e. The van der Waals surface area contributed by atoms with Crippen molar-refractivity contribution in [3.05, 3.63) is 45.4 Å². The first-order chi connectivity index (χ1) is 15.1. The lowest BCUT2D eigenvalue weighted by molar-refractivity contribution is 0.281. The molecule has 0 bridgehead atoms. The molecule has 3 N–H and O–H groups in total. The normalized spacial score (nSPS) is 14.3. The highest BCUT2D eigenvalue weighted by Crippen LogP contribution is 2.31. The van der Waals surface area contributed by atoms with Gasteiger partial charge in [0.2, 0.25) is 5.95 Å². The third-order valence-corrected chi connectivity index (χ3v) is 6.08. The molecule has 0 spiro atoms. The molecule has 0 radical (unpaired) electrons. The Morgan fingerprint density at radius 1 is 1.13 bits per heavy atom. The summed E-state index contributed by atoms with van der Waals surface area (Å²) in [6.07, 6.45) is 7.54. The molecule has 3 aromatic heterocycles. The summed E-state index contributed by atoms with van der Waals surface area (Å²) in [6.45, 7) is 0.807. The van der Waals surface area contributed by atoms with Gasteiger partial charge in [-0.25, -0.2) is 9.97 Å². The molecule has 0 atom stereocenters. The van der Waals surface area contributed by atoms with Gasteiger partial charge in [-0.3, -0.25) is 9.36 Å². The molecule has 3 aromatic rings. The SMILES string of the molecule is O=c1c(Br)cc2cnc(Nc3ccc(N(CCO)CCO)cn3)nc2n1C1CCCC1. The van der Waals surface area contributed by atoms with E-state index in [2.05, 4.69) is 36.2 Å². The summed E-state index contributed by atoms with van der Waals surface area (Å²) < 4.78 is 2.31. The second kappa shape index (κ2) is 9.71. The van der Waals surface area contributed by atoms with Crippen molar-refractivity contribution in [2.24, 2.45) is 0 Å².